The molecule has 1 N–H and O–H groups in total. The van der Waals surface area contributed by atoms with Gasteiger partial charge in [0, 0.05) is 0 Å². The van der Waals surface area contributed by atoms with Gasteiger partial charge in [-0.1, -0.05) is 0 Å². The fraction of sp³-hybridized carbons (Fsp3) is 0.444. The number of fused-ring (bicyclic) bond motifs is 1. The summed E-state index contributed by atoms with van der Waals surface area (Å²) in [6.45, 7) is 3.98. The number of rotatable bonds is 2. The smallest absolute Gasteiger partial charge is 0.177 e. The second-order valence-corrected chi connectivity index (χ2v) is 3.31. The Hall–Kier alpha value is -1.49. The lowest BCUT2D eigenvalue weighted by Crippen LogP contribution is -2.16. The summed E-state index contributed by atoms with van der Waals surface area (Å²) in [5.74, 6) is 0.839. The van der Waals surface area contributed by atoms with Crippen molar-refractivity contribution in [1.29, 1.82) is 0 Å². The van der Waals surface area contributed by atoms with Crippen LogP contribution in [0.2, 0.25) is 0 Å². The summed E-state index contributed by atoms with van der Waals surface area (Å²) >= 11 is 0. The summed E-state index contributed by atoms with van der Waals surface area (Å²) in [6.07, 6.45) is 0. The third kappa shape index (κ3) is 1.35. The second kappa shape index (κ2) is 3.34. The van der Waals surface area contributed by atoms with E-state index in [1.54, 1.807) is 4.52 Å². The summed E-state index contributed by atoms with van der Waals surface area (Å²) in [6, 6.07) is 4.00. The molecule has 2 aromatic heterocycles. The van der Waals surface area contributed by atoms with Gasteiger partial charge in [-0.3, -0.25) is 0 Å². The van der Waals surface area contributed by atoms with E-state index < -0.39 is 0 Å². The molecule has 0 aliphatic carbocycles. The van der Waals surface area contributed by atoms with E-state index in [0.29, 0.717) is 0 Å². The van der Waals surface area contributed by atoms with Crippen molar-refractivity contribution >= 4 is 5.65 Å². The molecular formula is C9H13N5. The summed E-state index contributed by atoms with van der Waals surface area (Å²) in [7, 11) is 1.89. The highest BCUT2D eigenvalue weighted by molar-refractivity contribution is 5.36. The van der Waals surface area contributed by atoms with Crippen molar-refractivity contribution < 1.29 is 0 Å². The first-order chi connectivity index (χ1) is 6.72. The first-order valence-electron chi connectivity index (χ1n) is 4.58. The van der Waals surface area contributed by atoms with Gasteiger partial charge in [0.15, 0.2) is 11.5 Å². The number of nitrogens with one attached hydrogen (secondary N) is 1. The Labute approximate surface area is 82.2 Å². The fourth-order valence-corrected chi connectivity index (χ4v) is 1.30. The van der Waals surface area contributed by atoms with E-state index in [1.165, 1.54) is 0 Å². The molecule has 2 rings (SSSR count). The molecule has 0 bridgehead atoms. The largest absolute Gasteiger partial charge is 0.311 e. The molecule has 0 spiro atoms. The molecule has 0 amide bonds. The lowest BCUT2D eigenvalue weighted by molar-refractivity contribution is 0.588. The van der Waals surface area contributed by atoms with Gasteiger partial charge in [0.2, 0.25) is 0 Å². The van der Waals surface area contributed by atoms with Crippen molar-refractivity contribution in [3.05, 3.63) is 23.7 Å². The molecule has 14 heavy (non-hydrogen) atoms. The number of aryl methyl sites for hydroxylation is 1. The standard InChI is InChI=1S/C9H13N5/c1-6-4-5-8-11-12-9(7(2)10-3)14(8)13-6/h4-5,7,10H,1-3H3. The van der Waals surface area contributed by atoms with Crippen LogP contribution < -0.4 is 5.32 Å². The molecule has 0 fully saturated rings. The van der Waals surface area contributed by atoms with Crippen LogP contribution in [0, 0.1) is 6.92 Å². The SMILES string of the molecule is CNC(C)c1nnc2ccc(C)nn12. The van der Waals surface area contributed by atoms with Gasteiger partial charge in [0.05, 0.1) is 11.7 Å². The Morgan fingerprint density at radius 2 is 2.14 bits per heavy atom. The van der Waals surface area contributed by atoms with Crippen molar-refractivity contribution in [1.82, 2.24) is 25.1 Å². The number of nitrogens with zero attached hydrogens (tertiary/aromatic N) is 4. The summed E-state index contributed by atoms with van der Waals surface area (Å²) in [5, 5.41) is 15.6. The molecule has 5 heteroatoms. The molecule has 0 aliphatic rings. The van der Waals surface area contributed by atoms with Crippen molar-refractivity contribution in [2.45, 2.75) is 19.9 Å². The molecular weight excluding hydrogens is 178 g/mol. The van der Waals surface area contributed by atoms with Crippen molar-refractivity contribution in [2.24, 2.45) is 0 Å². The van der Waals surface area contributed by atoms with Crippen LogP contribution in [0.3, 0.4) is 0 Å². The number of hydrogen-bond donors (Lipinski definition) is 1. The summed E-state index contributed by atoms with van der Waals surface area (Å²) < 4.78 is 1.77. The fourth-order valence-electron chi connectivity index (χ4n) is 1.30. The molecule has 0 radical (unpaired) electrons. The minimum Gasteiger partial charge on any atom is -0.311 e. The maximum Gasteiger partial charge on any atom is 0.177 e. The lowest BCUT2D eigenvalue weighted by Gasteiger charge is -2.06. The zero-order chi connectivity index (χ0) is 10.1. The first kappa shape index (κ1) is 9.08. The molecule has 0 aliphatic heterocycles. The van der Waals surface area contributed by atoms with Crippen LogP contribution in [0.4, 0.5) is 0 Å². The summed E-state index contributed by atoms with van der Waals surface area (Å²) in [5.41, 5.74) is 1.74. The van der Waals surface area contributed by atoms with E-state index in [4.69, 9.17) is 0 Å². The van der Waals surface area contributed by atoms with Gasteiger partial charge in [0.1, 0.15) is 0 Å². The molecule has 1 unspecified atom stereocenters. The normalized spacial score (nSPS) is 13.4. The average molecular weight is 191 g/mol. The molecule has 2 heterocycles. The van der Waals surface area contributed by atoms with E-state index in [2.05, 4.69) is 20.6 Å². The third-order valence-electron chi connectivity index (χ3n) is 2.24. The van der Waals surface area contributed by atoms with Gasteiger partial charge in [-0.15, -0.1) is 10.2 Å². The topological polar surface area (TPSA) is 55.1 Å². The molecule has 74 valence electrons. The molecule has 0 saturated heterocycles. The zero-order valence-corrected chi connectivity index (χ0v) is 8.52. The van der Waals surface area contributed by atoms with E-state index in [9.17, 15) is 0 Å². The van der Waals surface area contributed by atoms with Gasteiger partial charge in [0.25, 0.3) is 0 Å². The van der Waals surface area contributed by atoms with Gasteiger partial charge in [-0.25, -0.2) is 0 Å². The lowest BCUT2D eigenvalue weighted by atomic mass is 10.3. The molecule has 5 nitrogen and oxygen atoms in total. The average Bonchev–Trinajstić information content (AvgIpc) is 2.59. The summed E-state index contributed by atoms with van der Waals surface area (Å²) in [4.78, 5) is 0. The highest BCUT2D eigenvalue weighted by atomic mass is 15.4. The molecule has 0 saturated carbocycles. The third-order valence-corrected chi connectivity index (χ3v) is 2.24. The predicted molar refractivity (Wildman–Crippen MR) is 53.0 cm³/mol. The zero-order valence-electron chi connectivity index (χ0n) is 8.52. The van der Waals surface area contributed by atoms with Crippen LogP contribution in [0.25, 0.3) is 5.65 Å². The highest BCUT2D eigenvalue weighted by Crippen LogP contribution is 2.09. The Balaban J connectivity index is 2.61. The van der Waals surface area contributed by atoms with Crippen LogP contribution in [0.1, 0.15) is 24.5 Å². The van der Waals surface area contributed by atoms with Crippen molar-refractivity contribution in [3.63, 3.8) is 0 Å². The van der Waals surface area contributed by atoms with E-state index in [-0.39, 0.29) is 6.04 Å². The Morgan fingerprint density at radius 3 is 2.86 bits per heavy atom. The maximum atomic E-state index is 4.36. The van der Waals surface area contributed by atoms with Crippen LogP contribution in [-0.2, 0) is 0 Å². The van der Waals surface area contributed by atoms with E-state index in [1.807, 2.05) is 33.0 Å². The monoisotopic (exact) mass is 191 g/mol. The maximum absolute atomic E-state index is 4.36. The Morgan fingerprint density at radius 1 is 1.36 bits per heavy atom. The Kier molecular flexibility index (Phi) is 2.17. The van der Waals surface area contributed by atoms with Gasteiger partial charge in [-0.05, 0) is 33.0 Å². The van der Waals surface area contributed by atoms with Gasteiger partial charge >= 0.3 is 0 Å². The van der Waals surface area contributed by atoms with Crippen LogP contribution in [-0.4, -0.2) is 26.9 Å². The molecule has 0 aromatic carbocycles. The number of hydrogen-bond acceptors (Lipinski definition) is 4. The van der Waals surface area contributed by atoms with Gasteiger partial charge < -0.3 is 5.32 Å². The number of aromatic nitrogens is 4. The van der Waals surface area contributed by atoms with Crippen LogP contribution in [0.5, 0.6) is 0 Å². The molecule has 2 aromatic rings. The predicted octanol–water partition coefficient (Wildman–Crippen LogP) is 0.713. The Bertz CT molecular complexity index is 447. The van der Waals surface area contributed by atoms with Crippen LogP contribution in [0.15, 0.2) is 12.1 Å². The van der Waals surface area contributed by atoms with Crippen molar-refractivity contribution in [3.8, 4) is 0 Å². The minimum atomic E-state index is 0.152. The highest BCUT2D eigenvalue weighted by Gasteiger charge is 2.11. The minimum absolute atomic E-state index is 0.152. The van der Waals surface area contributed by atoms with Crippen molar-refractivity contribution in [2.75, 3.05) is 7.05 Å². The first-order valence-corrected chi connectivity index (χ1v) is 4.58. The van der Waals surface area contributed by atoms with E-state index in [0.717, 1.165) is 17.2 Å². The second-order valence-electron chi connectivity index (χ2n) is 3.31. The molecule has 1 atom stereocenters. The quantitative estimate of drug-likeness (QED) is 0.759. The van der Waals surface area contributed by atoms with Gasteiger partial charge in [-0.2, -0.15) is 9.61 Å². The van der Waals surface area contributed by atoms with E-state index >= 15 is 0 Å². The van der Waals surface area contributed by atoms with Crippen LogP contribution >= 0.6 is 0 Å².